The number of aliphatic carboxylic acids is 1. The van der Waals surface area contributed by atoms with Crippen molar-refractivity contribution >= 4 is 28.0 Å². The van der Waals surface area contributed by atoms with Crippen LogP contribution in [0.15, 0.2) is 53.4 Å². The van der Waals surface area contributed by atoms with Gasteiger partial charge in [0.1, 0.15) is 17.8 Å². The van der Waals surface area contributed by atoms with Crippen LogP contribution in [0, 0.1) is 6.92 Å². The van der Waals surface area contributed by atoms with Crippen LogP contribution >= 0.6 is 0 Å². The molecule has 2 N–H and O–H groups in total. The Morgan fingerprint density at radius 2 is 1.65 bits per heavy atom. The molecule has 198 valence electrons. The molecule has 0 unspecified atom stereocenters. The minimum absolute atomic E-state index is 0.0150. The molecule has 37 heavy (non-hydrogen) atoms. The Kier molecular flexibility index (Phi) is 8.13. The second-order valence-corrected chi connectivity index (χ2v) is 11.3. The Morgan fingerprint density at radius 1 is 1.00 bits per heavy atom. The number of nitrogens with one attached hydrogen (secondary N) is 1. The van der Waals surface area contributed by atoms with Crippen LogP contribution in [0.5, 0.6) is 5.75 Å². The summed E-state index contributed by atoms with van der Waals surface area (Å²) in [5.41, 5.74) is 1.53. The number of hydrogen-bond acceptors (Lipinski definition) is 6. The monoisotopic (exact) mass is 529 g/mol. The van der Waals surface area contributed by atoms with E-state index < -0.39 is 40.1 Å². The second kappa shape index (κ2) is 11.3. The van der Waals surface area contributed by atoms with Crippen LogP contribution < -0.4 is 10.1 Å². The first-order chi connectivity index (χ1) is 17.6. The number of benzene rings is 2. The van der Waals surface area contributed by atoms with Crippen LogP contribution in [0.3, 0.4) is 0 Å². The number of sulfonamides is 1. The summed E-state index contributed by atoms with van der Waals surface area (Å²) in [4.78, 5) is 38.9. The van der Waals surface area contributed by atoms with Gasteiger partial charge in [0.15, 0.2) is 0 Å². The normalized spacial score (nSPS) is 18.9. The van der Waals surface area contributed by atoms with Gasteiger partial charge in [0.2, 0.25) is 15.9 Å². The van der Waals surface area contributed by atoms with E-state index in [1.807, 2.05) is 6.92 Å². The molecule has 0 spiro atoms. The standard InChI is InChI=1S/C26H31N3O7S/c1-18-6-12-21(13-7-18)37(34,35)29-16-4-5-23(29)24(30)27-22(25(31)32)17-19-8-10-20(11-9-19)36-26(33)28-14-2-3-15-28/h6-13,22-23H,2-5,14-17H2,1H3,(H,27,30)(H,31,32)/t22-,23-/m0/s1. The average Bonchev–Trinajstić information content (AvgIpc) is 3.58. The Labute approximate surface area is 216 Å². The topological polar surface area (TPSA) is 133 Å². The van der Waals surface area contributed by atoms with Crippen LogP contribution in [-0.2, 0) is 26.0 Å². The molecule has 2 aromatic rings. The molecule has 2 atom stereocenters. The van der Waals surface area contributed by atoms with Gasteiger partial charge in [-0.15, -0.1) is 0 Å². The molecule has 2 aromatic carbocycles. The van der Waals surface area contributed by atoms with E-state index in [1.165, 1.54) is 12.1 Å². The number of likely N-dealkylation sites (tertiary alicyclic amines) is 1. The summed E-state index contributed by atoms with van der Waals surface area (Å²) in [5.74, 6) is -1.53. The van der Waals surface area contributed by atoms with Crippen molar-refractivity contribution in [3.05, 3.63) is 59.7 Å². The van der Waals surface area contributed by atoms with Gasteiger partial charge in [0, 0.05) is 26.1 Å². The number of amides is 2. The number of ether oxygens (including phenoxy) is 1. The van der Waals surface area contributed by atoms with Crippen molar-refractivity contribution in [3.8, 4) is 5.75 Å². The molecule has 2 saturated heterocycles. The third kappa shape index (κ3) is 6.28. The highest BCUT2D eigenvalue weighted by molar-refractivity contribution is 7.89. The molecular weight excluding hydrogens is 498 g/mol. The third-order valence-electron chi connectivity index (χ3n) is 6.68. The summed E-state index contributed by atoms with van der Waals surface area (Å²) in [5, 5.41) is 12.2. The van der Waals surface area contributed by atoms with Crippen molar-refractivity contribution in [2.45, 2.75) is 56.0 Å². The lowest BCUT2D eigenvalue weighted by Crippen LogP contribution is -2.51. The van der Waals surface area contributed by atoms with Gasteiger partial charge in [0.25, 0.3) is 0 Å². The lowest BCUT2D eigenvalue weighted by atomic mass is 10.1. The Morgan fingerprint density at radius 3 is 2.27 bits per heavy atom. The van der Waals surface area contributed by atoms with E-state index in [0.29, 0.717) is 37.2 Å². The number of aryl methyl sites for hydroxylation is 1. The molecule has 4 rings (SSSR count). The first kappa shape index (κ1) is 26.6. The summed E-state index contributed by atoms with van der Waals surface area (Å²) in [6, 6.07) is 10.6. The molecule has 2 heterocycles. The number of carboxylic acid groups (broad SMARTS) is 1. The quantitative estimate of drug-likeness (QED) is 0.537. The highest BCUT2D eigenvalue weighted by Crippen LogP contribution is 2.27. The Balaban J connectivity index is 1.40. The number of carbonyl (C=O) groups excluding carboxylic acids is 2. The molecule has 11 heteroatoms. The zero-order valence-corrected chi connectivity index (χ0v) is 21.4. The summed E-state index contributed by atoms with van der Waals surface area (Å²) in [7, 11) is -3.91. The predicted octanol–water partition coefficient (Wildman–Crippen LogP) is 2.55. The minimum Gasteiger partial charge on any atom is -0.480 e. The van der Waals surface area contributed by atoms with E-state index in [-0.39, 0.29) is 17.9 Å². The lowest BCUT2D eigenvalue weighted by molar-refractivity contribution is -0.142. The van der Waals surface area contributed by atoms with Crippen molar-refractivity contribution in [1.29, 1.82) is 0 Å². The number of carboxylic acids is 1. The summed E-state index contributed by atoms with van der Waals surface area (Å²) in [6.07, 6.45) is 2.28. The highest BCUT2D eigenvalue weighted by Gasteiger charge is 2.40. The van der Waals surface area contributed by atoms with Crippen molar-refractivity contribution in [2.24, 2.45) is 0 Å². The average molecular weight is 530 g/mol. The first-order valence-electron chi connectivity index (χ1n) is 12.3. The van der Waals surface area contributed by atoms with E-state index >= 15 is 0 Å². The van der Waals surface area contributed by atoms with E-state index in [1.54, 1.807) is 41.3 Å². The van der Waals surface area contributed by atoms with Gasteiger partial charge in [-0.2, -0.15) is 4.31 Å². The molecule has 2 aliphatic heterocycles. The largest absolute Gasteiger partial charge is 0.480 e. The zero-order chi connectivity index (χ0) is 26.6. The number of hydrogen-bond donors (Lipinski definition) is 2. The SMILES string of the molecule is Cc1ccc(S(=O)(=O)N2CCC[C@H]2C(=O)N[C@@H](Cc2ccc(OC(=O)N3CCCC3)cc2)C(=O)O)cc1. The highest BCUT2D eigenvalue weighted by atomic mass is 32.2. The fraction of sp³-hybridized carbons (Fsp3) is 0.423. The van der Waals surface area contributed by atoms with Crippen LogP contribution in [0.4, 0.5) is 4.79 Å². The third-order valence-corrected chi connectivity index (χ3v) is 8.60. The molecule has 0 aliphatic carbocycles. The van der Waals surface area contributed by atoms with Gasteiger partial charge in [-0.05, 0) is 62.4 Å². The first-order valence-corrected chi connectivity index (χ1v) is 13.8. The van der Waals surface area contributed by atoms with E-state index in [4.69, 9.17) is 4.74 Å². The summed E-state index contributed by atoms with van der Waals surface area (Å²) in [6.45, 7) is 3.37. The molecular formula is C26H31N3O7S. The molecule has 0 saturated carbocycles. The van der Waals surface area contributed by atoms with Crippen LogP contribution in [-0.4, -0.2) is 72.4 Å². The van der Waals surface area contributed by atoms with Gasteiger partial charge < -0.3 is 20.1 Å². The molecule has 10 nitrogen and oxygen atoms in total. The molecule has 0 bridgehead atoms. The summed E-state index contributed by atoms with van der Waals surface area (Å²) >= 11 is 0. The van der Waals surface area contributed by atoms with Crippen molar-refractivity contribution in [3.63, 3.8) is 0 Å². The van der Waals surface area contributed by atoms with Crippen molar-refractivity contribution < 1.29 is 32.6 Å². The smallest absolute Gasteiger partial charge is 0.415 e. The Hall–Kier alpha value is -3.44. The maximum absolute atomic E-state index is 13.2. The molecule has 2 fully saturated rings. The van der Waals surface area contributed by atoms with Gasteiger partial charge >= 0.3 is 12.1 Å². The number of nitrogens with zero attached hydrogens (tertiary/aromatic N) is 2. The molecule has 0 radical (unpaired) electrons. The van der Waals surface area contributed by atoms with Crippen molar-refractivity contribution in [2.75, 3.05) is 19.6 Å². The Bertz CT molecular complexity index is 1240. The molecule has 2 amide bonds. The second-order valence-electron chi connectivity index (χ2n) is 9.40. The maximum Gasteiger partial charge on any atom is 0.415 e. The van der Waals surface area contributed by atoms with Gasteiger partial charge in [0.05, 0.1) is 4.90 Å². The van der Waals surface area contributed by atoms with Gasteiger partial charge in [-0.3, -0.25) is 4.79 Å². The van der Waals surface area contributed by atoms with E-state index in [2.05, 4.69) is 5.32 Å². The number of carbonyl (C=O) groups is 3. The van der Waals surface area contributed by atoms with Crippen LogP contribution in [0.25, 0.3) is 0 Å². The summed E-state index contributed by atoms with van der Waals surface area (Å²) < 4.78 is 32.8. The fourth-order valence-corrected chi connectivity index (χ4v) is 6.25. The zero-order valence-electron chi connectivity index (χ0n) is 20.6. The minimum atomic E-state index is -3.91. The van der Waals surface area contributed by atoms with E-state index in [0.717, 1.165) is 22.7 Å². The van der Waals surface area contributed by atoms with Crippen LogP contribution in [0.2, 0.25) is 0 Å². The van der Waals surface area contributed by atoms with Crippen LogP contribution in [0.1, 0.15) is 36.8 Å². The maximum atomic E-state index is 13.2. The van der Waals surface area contributed by atoms with Crippen molar-refractivity contribution in [1.82, 2.24) is 14.5 Å². The van der Waals surface area contributed by atoms with Gasteiger partial charge in [-0.25, -0.2) is 18.0 Å². The fourth-order valence-electron chi connectivity index (χ4n) is 4.60. The van der Waals surface area contributed by atoms with E-state index in [9.17, 15) is 27.9 Å². The number of rotatable bonds is 8. The predicted molar refractivity (Wildman–Crippen MR) is 135 cm³/mol. The molecule has 2 aliphatic rings. The molecule has 0 aromatic heterocycles. The van der Waals surface area contributed by atoms with Gasteiger partial charge in [-0.1, -0.05) is 29.8 Å². The lowest BCUT2D eigenvalue weighted by Gasteiger charge is -2.25.